The first-order valence-electron chi connectivity index (χ1n) is 10.7. The standard InChI is InChI=1S/C26H27NO7/c1-26(2,3)24(34-25(28)33-23-11-9-20(10-12-23)27(29)30)18-32-22-15-13-21(14-16-22)31-17-19-7-5-4-6-8-19/h4-16,24H,17-18H2,1-3H3/t24-/m1/s1. The second-order valence-corrected chi connectivity index (χ2v) is 8.63. The van der Waals surface area contributed by atoms with E-state index in [1.165, 1.54) is 24.3 Å². The van der Waals surface area contributed by atoms with Crippen molar-refractivity contribution in [3.05, 3.63) is 94.5 Å². The zero-order chi connectivity index (χ0) is 24.6. The van der Waals surface area contributed by atoms with Crippen LogP contribution in [0.4, 0.5) is 10.5 Å². The monoisotopic (exact) mass is 465 g/mol. The van der Waals surface area contributed by atoms with Crippen molar-refractivity contribution >= 4 is 11.8 Å². The van der Waals surface area contributed by atoms with E-state index in [0.717, 1.165) is 5.56 Å². The summed E-state index contributed by atoms with van der Waals surface area (Å²) in [7, 11) is 0. The lowest BCUT2D eigenvalue weighted by Gasteiger charge is -2.29. The lowest BCUT2D eigenvalue weighted by molar-refractivity contribution is -0.384. The normalized spacial score (nSPS) is 11.9. The number of carbonyl (C=O) groups excluding carboxylic acids is 1. The van der Waals surface area contributed by atoms with Gasteiger partial charge in [-0.2, -0.15) is 0 Å². The third-order valence-electron chi connectivity index (χ3n) is 4.93. The summed E-state index contributed by atoms with van der Waals surface area (Å²) in [5, 5.41) is 10.7. The zero-order valence-electron chi connectivity index (χ0n) is 19.3. The Bertz CT molecular complexity index is 1070. The van der Waals surface area contributed by atoms with Gasteiger partial charge in [-0.05, 0) is 42.0 Å². The molecule has 8 nitrogen and oxygen atoms in total. The smallest absolute Gasteiger partial charge is 0.490 e. The number of nitrogens with zero attached hydrogens (tertiary/aromatic N) is 1. The molecule has 1 atom stereocenters. The van der Waals surface area contributed by atoms with Crippen molar-refractivity contribution in [2.75, 3.05) is 6.61 Å². The molecule has 0 radical (unpaired) electrons. The van der Waals surface area contributed by atoms with E-state index in [-0.39, 0.29) is 18.0 Å². The van der Waals surface area contributed by atoms with E-state index in [9.17, 15) is 14.9 Å². The van der Waals surface area contributed by atoms with Crippen molar-refractivity contribution in [1.29, 1.82) is 0 Å². The van der Waals surface area contributed by atoms with Crippen LogP contribution in [0.25, 0.3) is 0 Å². The fraction of sp³-hybridized carbons (Fsp3) is 0.269. The van der Waals surface area contributed by atoms with Crippen molar-refractivity contribution in [3.63, 3.8) is 0 Å². The summed E-state index contributed by atoms with van der Waals surface area (Å²) in [6.07, 6.45) is -1.52. The Morgan fingerprint density at radius 3 is 1.97 bits per heavy atom. The van der Waals surface area contributed by atoms with Gasteiger partial charge in [0, 0.05) is 17.5 Å². The Morgan fingerprint density at radius 1 is 0.853 bits per heavy atom. The van der Waals surface area contributed by atoms with E-state index in [0.29, 0.717) is 18.1 Å². The average Bonchev–Trinajstić information content (AvgIpc) is 2.81. The van der Waals surface area contributed by atoms with Crippen LogP contribution < -0.4 is 14.2 Å². The van der Waals surface area contributed by atoms with Gasteiger partial charge in [-0.3, -0.25) is 10.1 Å². The predicted octanol–water partition coefficient (Wildman–Crippen LogP) is 6.18. The van der Waals surface area contributed by atoms with Crippen LogP contribution in [-0.4, -0.2) is 23.8 Å². The zero-order valence-corrected chi connectivity index (χ0v) is 19.3. The van der Waals surface area contributed by atoms with Crippen LogP contribution in [0.1, 0.15) is 26.3 Å². The van der Waals surface area contributed by atoms with E-state index >= 15 is 0 Å². The van der Waals surface area contributed by atoms with Crippen LogP contribution in [0.15, 0.2) is 78.9 Å². The average molecular weight is 466 g/mol. The summed E-state index contributed by atoms with van der Waals surface area (Å²) in [4.78, 5) is 22.5. The summed E-state index contributed by atoms with van der Waals surface area (Å²) < 4.78 is 22.3. The number of rotatable bonds is 9. The van der Waals surface area contributed by atoms with Crippen LogP contribution in [0.2, 0.25) is 0 Å². The lowest BCUT2D eigenvalue weighted by Crippen LogP contribution is -2.37. The Balaban J connectivity index is 1.52. The Kier molecular flexibility index (Phi) is 8.08. The van der Waals surface area contributed by atoms with Gasteiger partial charge in [0.1, 0.15) is 36.6 Å². The highest BCUT2D eigenvalue weighted by Gasteiger charge is 2.30. The van der Waals surface area contributed by atoms with E-state index in [1.54, 1.807) is 12.1 Å². The molecular formula is C26H27NO7. The molecule has 0 N–H and O–H groups in total. The van der Waals surface area contributed by atoms with Gasteiger partial charge < -0.3 is 18.9 Å². The van der Waals surface area contributed by atoms with Crippen LogP contribution >= 0.6 is 0 Å². The predicted molar refractivity (Wildman–Crippen MR) is 126 cm³/mol. The van der Waals surface area contributed by atoms with Crippen molar-refractivity contribution in [3.8, 4) is 17.2 Å². The molecule has 0 saturated carbocycles. The van der Waals surface area contributed by atoms with Crippen molar-refractivity contribution in [1.82, 2.24) is 0 Å². The molecule has 0 unspecified atom stereocenters. The molecule has 34 heavy (non-hydrogen) atoms. The molecule has 3 rings (SSSR count). The molecule has 3 aromatic rings. The molecule has 8 heteroatoms. The summed E-state index contributed by atoms with van der Waals surface area (Å²) in [5.74, 6) is 1.47. The second kappa shape index (κ2) is 11.2. The Hall–Kier alpha value is -4.07. The number of benzene rings is 3. The third-order valence-corrected chi connectivity index (χ3v) is 4.93. The van der Waals surface area contributed by atoms with E-state index < -0.39 is 22.6 Å². The molecule has 0 aliphatic rings. The minimum atomic E-state index is -0.915. The third kappa shape index (κ3) is 7.51. The molecule has 0 spiro atoms. The van der Waals surface area contributed by atoms with Gasteiger partial charge in [-0.25, -0.2) is 4.79 Å². The molecule has 0 fully saturated rings. The highest BCUT2D eigenvalue weighted by atomic mass is 16.7. The van der Waals surface area contributed by atoms with Crippen molar-refractivity contribution in [2.24, 2.45) is 5.41 Å². The SMILES string of the molecule is CC(C)(C)[C@@H](COc1ccc(OCc2ccccc2)cc1)OC(=O)Oc1ccc([N+](=O)[O-])cc1. The molecule has 0 saturated heterocycles. The van der Waals surface area contributed by atoms with Crippen LogP contribution in [0, 0.1) is 15.5 Å². The van der Waals surface area contributed by atoms with E-state index in [4.69, 9.17) is 18.9 Å². The Labute approximate surface area is 198 Å². The number of nitro benzene ring substituents is 1. The van der Waals surface area contributed by atoms with Crippen LogP contribution in [0.5, 0.6) is 17.2 Å². The van der Waals surface area contributed by atoms with Crippen LogP contribution in [-0.2, 0) is 11.3 Å². The molecule has 0 aromatic heterocycles. The topological polar surface area (TPSA) is 97.1 Å². The number of ether oxygens (including phenoxy) is 4. The molecule has 3 aromatic carbocycles. The van der Waals surface area contributed by atoms with E-state index in [1.807, 2.05) is 63.2 Å². The van der Waals surface area contributed by atoms with E-state index in [2.05, 4.69) is 0 Å². The molecule has 0 amide bonds. The minimum absolute atomic E-state index is 0.0989. The fourth-order valence-corrected chi connectivity index (χ4v) is 2.88. The number of carbonyl (C=O) groups is 1. The first-order valence-corrected chi connectivity index (χ1v) is 10.7. The quantitative estimate of drug-likeness (QED) is 0.161. The van der Waals surface area contributed by atoms with Gasteiger partial charge in [0.2, 0.25) is 0 Å². The molecule has 0 aliphatic heterocycles. The van der Waals surface area contributed by atoms with Gasteiger partial charge in [-0.15, -0.1) is 0 Å². The van der Waals surface area contributed by atoms with Crippen LogP contribution in [0.3, 0.4) is 0 Å². The lowest BCUT2D eigenvalue weighted by atomic mass is 9.89. The maximum atomic E-state index is 12.3. The second-order valence-electron chi connectivity index (χ2n) is 8.63. The van der Waals surface area contributed by atoms with Gasteiger partial charge in [0.05, 0.1) is 4.92 Å². The molecule has 0 heterocycles. The molecular weight excluding hydrogens is 438 g/mol. The maximum absolute atomic E-state index is 12.3. The van der Waals surface area contributed by atoms with Gasteiger partial charge in [0.15, 0.2) is 0 Å². The number of hydrogen-bond acceptors (Lipinski definition) is 7. The molecule has 0 bridgehead atoms. The number of hydrogen-bond donors (Lipinski definition) is 0. The summed E-state index contributed by atoms with van der Waals surface area (Å²) >= 11 is 0. The van der Waals surface area contributed by atoms with Gasteiger partial charge in [-0.1, -0.05) is 51.1 Å². The number of non-ortho nitro benzene ring substituents is 1. The summed E-state index contributed by atoms with van der Waals surface area (Å²) in [5.41, 5.74) is 0.555. The summed E-state index contributed by atoms with van der Waals surface area (Å²) in [6, 6.07) is 22.3. The summed E-state index contributed by atoms with van der Waals surface area (Å²) in [6.45, 7) is 6.34. The van der Waals surface area contributed by atoms with Gasteiger partial charge >= 0.3 is 6.16 Å². The van der Waals surface area contributed by atoms with Crippen molar-refractivity contribution < 1.29 is 28.7 Å². The molecule has 178 valence electrons. The minimum Gasteiger partial charge on any atom is -0.490 e. The number of nitro groups is 1. The maximum Gasteiger partial charge on any atom is 0.514 e. The van der Waals surface area contributed by atoms with Crippen molar-refractivity contribution in [2.45, 2.75) is 33.5 Å². The largest absolute Gasteiger partial charge is 0.514 e. The molecule has 0 aliphatic carbocycles. The Morgan fingerprint density at radius 2 is 1.41 bits per heavy atom. The first kappa shape index (κ1) is 24.6. The highest BCUT2D eigenvalue weighted by Crippen LogP contribution is 2.26. The highest BCUT2D eigenvalue weighted by molar-refractivity contribution is 5.64. The fourth-order valence-electron chi connectivity index (χ4n) is 2.88. The first-order chi connectivity index (χ1) is 16.2. The van der Waals surface area contributed by atoms with Gasteiger partial charge in [0.25, 0.3) is 5.69 Å².